The van der Waals surface area contributed by atoms with Crippen LogP contribution in [0.4, 0.5) is 0 Å². The van der Waals surface area contributed by atoms with E-state index < -0.39 is 25.6 Å². The van der Waals surface area contributed by atoms with Crippen LogP contribution in [0.3, 0.4) is 0 Å². The fourth-order valence-corrected chi connectivity index (χ4v) is 3.66. The molecule has 2 atom stereocenters. The quantitative estimate of drug-likeness (QED) is 0.0795. The van der Waals surface area contributed by atoms with Crippen LogP contribution < -0.4 is 5.73 Å². The Hall–Kier alpha value is -0.890. The molecule has 0 bridgehead atoms. The smallest absolute Gasteiger partial charge is 0.387 e. The summed E-state index contributed by atoms with van der Waals surface area (Å²) in [5.41, 5.74) is 3.03. The monoisotopic (exact) mass is 435 g/mol. The van der Waals surface area contributed by atoms with Crippen molar-refractivity contribution >= 4 is 20.4 Å². The number of carbonyl (C=O) groups is 2. The highest BCUT2D eigenvalue weighted by atomic mass is 31.2. The predicted octanol–water partition coefficient (Wildman–Crippen LogP) is 3.18. The summed E-state index contributed by atoms with van der Waals surface area (Å²) >= 11 is 0. The number of unbranched alkanes of at least 4 members (excludes halogenated alkanes) is 11. The van der Waals surface area contributed by atoms with Gasteiger partial charge in [-0.3, -0.25) is 14.1 Å². The highest BCUT2D eigenvalue weighted by Crippen LogP contribution is 2.41. The molecule has 0 aliphatic heterocycles. The lowest BCUT2D eigenvalue weighted by Gasteiger charge is -2.30. The van der Waals surface area contributed by atoms with E-state index in [1.807, 2.05) is 0 Å². The summed E-state index contributed by atoms with van der Waals surface area (Å²) in [6.07, 6.45) is 15.5. The van der Waals surface area contributed by atoms with Crippen LogP contribution in [0, 0.1) is 0 Å². The molecule has 0 radical (unpaired) electrons. The molecule has 0 aliphatic carbocycles. The molecule has 0 aromatic carbocycles. The zero-order chi connectivity index (χ0) is 22.2. The Morgan fingerprint density at radius 1 is 0.931 bits per heavy atom. The number of phosphoric ester groups is 1. The Morgan fingerprint density at radius 2 is 1.38 bits per heavy atom. The van der Waals surface area contributed by atoms with Crippen molar-refractivity contribution in [3.05, 3.63) is 12.2 Å². The summed E-state index contributed by atoms with van der Waals surface area (Å²) in [4.78, 5) is 40.0. The number of carbonyl (C=O) groups excluding carboxylic acids is 2. The maximum Gasteiger partial charge on any atom is 0.471 e. The largest absolute Gasteiger partial charge is 0.471 e. The van der Waals surface area contributed by atoms with E-state index in [1.54, 1.807) is 6.08 Å². The Balaban J connectivity index is 4.07. The van der Waals surface area contributed by atoms with Crippen molar-refractivity contribution in [2.45, 2.75) is 102 Å². The highest BCUT2D eigenvalue weighted by Gasteiger charge is 2.46. The third-order valence-corrected chi connectivity index (χ3v) is 5.40. The number of aliphatic hydroxyl groups excluding tert-OH is 1. The standard InChI is InChI=1S/C20H38NO7P/c1-2-3-4-5-6-7-8-9-10-11-12-13-14-15-18(24)19(21)20(16-22,17-23)28-29(25,26)27/h14-19,24H,2-13,21H2,1H3,(H2,25,26,27)/b15-14+/t18-,19-/m1/s1. The fourth-order valence-electron chi connectivity index (χ4n) is 3.04. The van der Waals surface area contributed by atoms with E-state index >= 15 is 0 Å². The van der Waals surface area contributed by atoms with Crippen LogP contribution in [0.5, 0.6) is 0 Å². The van der Waals surface area contributed by atoms with Gasteiger partial charge in [0, 0.05) is 0 Å². The molecule has 9 heteroatoms. The first-order valence-electron chi connectivity index (χ1n) is 10.5. The Kier molecular flexibility index (Phi) is 15.4. The lowest BCUT2D eigenvalue weighted by atomic mass is 9.93. The average Bonchev–Trinajstić information content (AvgIpc) is 2.68. The molecule has 0 aliphatic rings. The van der Waals surface area contributed by atoms with Gasteiger partial charge in [0.25, 0.3) is 0 Å². The summed E-state index contributed by atoms with van der Waals surface area (Å²) < 4.78 is 15.2. The Labute approximate surface area is 174 Å². The van der Waals surface area contributed by atoms with Crippen molar-refractivity contribution < 1.29 is 33.6 Å². The zero-order valence-electron chi connectivity index (χ0n) is 17.4. The normalized spacial score (nSPS) is 14.8. The summed E-state index contributed by atoms with van der Waals surface area (Å²) in [5.74, 6) is 0. The van der Waals surface area contributed by atoms with E-state index in [1.165, 1.54) is 57.4 Å². The molecule has 170 valence electrons. The molecule has 0 amide bonds. The number of rotatable bonds is 19. The van der Waals surface area contributed by atoms with Crippen LogP contribution in [0.15, 0.2) is 12.2 Å². The summed E-state index contributed by atoms with van der Waals surface area (Å²) in [5, 5.41) is 10.0. The van der Waals surface area contributed by atoms with Crippen LogP contribution in [-0.2, 0) is 18.7 Å². The predicted molar refractivity (Wildman–Crippen MR) is 112 cm³/mol. The second kappa shape index (κ2) is 15.9. The van der Waals surface area contributed by atoms with Crippen molar-refractivity contribution in [1.82, 2.24) is 0 Å². The third-order valence-electron chi connectivity index (χ3n) is 4.84. The molecule has 0 spiro atoms. The van der Waals surface area contributed by atoms with E-state index in [9.17, 15) is 19.3 Å². The number of nitrogens with two attached hydrogens (primary N) is 1. The number of allylic oxidation sites excluding steroid dienone is 1. The second-order valence-corrected chi connectivity index (χ2v) is 8.60. The summed E-state index contributed by atoms with van der Waals surface area (Å²) in [7, 11) is -5.15. The van der Waals surface area contributed by atoms with Crippen molar-refractivity contribution in [3.8, 4) is 0 Å². The van der Waals surface area contributed by atoms with Crippen molar-refractivity contribution in [1.29, 1.82) is 0 Å². The maximum atomic E-state index is 11.2. The minimum absolute atomic E-state index is 0.107. The van der Waals surface area contributed by atoms with Crippen molar-refractivity contribution in [2.75, 3.05) is 0 Å². The molecule has 0 saturated carbocycles. The van der Waals surface area contributed by atoms with Crippen LogP contribution in [0.1, 0.15) is 84.0 Å². The molecule has 0 heterocycles. The molecule has 0 fully saturated rings. The molecule has 0 aromatic rings. The van der Waals surface area contributed by atoms with Gasteiger partial charge in [0.05, 0.1) is 12.1 Å². The van der Waals surface area contributed by atoms with Gasteiger partial charge in [-0.1, -0.05) is 83.3 Å². The Bertz CT molecular complexity index is 513. The lowest BCUT2D eigenvalue weighted by Crippen LogP contribution is -2.57. The molecule has 5 N–H and O–H groups in total. The van der Waals surface area contributed by atoms with Crippen LogP contribution >= 0.6 is 7.82 Å². The third kappa shape index (κ3) is 13.1. The van der Waals surface area contributed by atoms with Crippen LogP contribution in [0.25, 0.3) is 0 Å². The van der Waals surface area contributed by atoms with Gasteiger partial charge in [-0.25, -0.2) is 4.57 Å². The number of hydrogen-bond donors (Lipinski definition) is 4. The van der Waals surface area contributed by atoms with Crippen molar-refractivity contribution in [2.24, 2.45) is 5.73 Å². The van der Waals surface area contributed by atoms with E-state index in [-0.39, 0.29) is 12.6 Å². The van der Waals surface area contributed by atoms with E-state index in [0.29, 0.717) is 6.42 Å². The van der Waals surface area contributed by atoms with Gasteiger partial charge in [-0.05, 0) is 12.8 Å². The fraction of sp³-hybridized carbons (Fsp3) is 0.800. The SMILES string of the molecule is CCCCCCCCCCCCC/C=C/[C@@H](O)[C@@H](N)C(C=O)(C=O)OP(=O)(O)O. The van der Waals surface area contributed by atoms with Gasteiger partial charge in [-0.2, -0.15) is 0 Å². The maximum absolute atomic E-state index is 11.2. The van der Waals surface area contributed by atoms with E-state index in [4.69, 9.17) is 15.5 Å². The van der Waals surface area contributed by atoms with E-state index in [2.05, 4.69) is 11.4 Å². The van der Waals surface area contributed by atoms with Crippen molar-refractivity contribution in [3.63, 3.8) is 0 Å². The van der Waals surface area contributed by atoms with E-state index in [0.717, 1.165) is 19.3 Å². The van der Waals surface area contributed by atoms with Gasteiger partial charge < -0.3 is 20.6 Å². The van der Waals surface area contributed by atoms with Crippen LogP contribution in [-0.4, -0.2) is 45.2 Å². The molecule has 0 rings (SSSR count). The molecule has 8 nitrogen and oxygen atoms in total. The van der Waals surface area contributed by atoms with Gasteiger partial charge in [0.2, 0.25) is 5.60 Å². The molecule has 0 saturated heterocycles. The number of aliphatic hydroxyl groups is 1. The van der Waals surface area contributed by atoms with Gasteiger partial charge in [0.1, 0.15) is 0 Å². The first-order chi connectivity index (χ1) is 13.7. The topological polar surface area (TPSA) is 147 Å². The van der Waals surface area contributed by atoms with Crippen LogP contribution in [0.2, 0.25) is 0 Å². The summed E-state index contributed by atoms with van der Waals surface area (Å²) in [6, 6.07) is -1.64. The first kappa shape index (κ1) is 28.1. The average molecular weight is 435 g/mol. The number of phosphoric acid groups is 1. The number of hydrogen-bond acceptors (Lipinski definition) is 6. The lowest BCUT2D eigenvalue weighted by molar-refractivity contribution is -0.138. The molecular weight excluding hydrogens is 397 g/mol. The van der Waals surface area contributed by atoms with Gasteiger partial charge >= 0.3 is 7.82 Å². The Morgan fingerprint density at radius 3 is 1.79 bits per heavy atom. The van der Waals surface area contributed by atoms with Gasteiger partial charge in [-0.15, -0.1) is 0 Å². The minimum atomic E-state index is -5.15. The highest BCUT2D eigenvalue weighted by molar-refractivity contribution is 7.46. The molecular formula is C20H38NO7P. The molecule has 29 heavy (non-hydrogen) atoms. The summed E-state index contributed by atoms with van der Waals surface area (Å²) in [6.45, 7) is 2.22. The number of aldehydes is 2. The second-order valence-electron chi connectivity index (χ2n) is 7.44. The van der Waals surface area contributed by atoms with Gasteiger partial charge in [0.15, 0.2) is 12.6 Å². The molecule has 0 aromatic heterocycles. The first-order valence-corrected chi connectivity index (χ1v) is 12.0. The molecule has 0 unspecified atom stereocenters. The zero-order valence-corrected chi connectivity index (χ0v) is 18.3. The minimum Gasteiger partial charge on any atom is -0.387 e.